The lowest BCUT2D eigenvalue weighted by Gasteiger charge is -2.37. The molecule has 1 aliphatic heterocycles. The molecule has 1 unspecified atom stereocenters. The SMILES string of the molecule is Cc1cc(-c2cnc3ccccc3n2)n(C)n1.Cc1cccc(C=O)c1.Cc1cccc(CN2CC(c3cc(C)nn3C)Nc3ccccc32)c1. The summed E-state index contributed by atoms with van der Waals surface area (Å²) < 4.78 is 3.82. The molecule has 9 nitrogen and oxygen atoms in total. The Morgan fingerprint density at radius 3 is 2.10 bits per heavy atom. The van der Waals surface area contributed by atoms with Gasteiger partial charge in [-0.25, -0.2) is 4.98 Å². The molecule has 0 spiro atoms. The molecule has 9 heteroatoms. The lowest BCUT2D eigenvalue weighted by molar-refractivity contribution is 0.112. The molecule has 1 atom stereocenters. The van der Waals surface area contributed by atoms with Crippen LogP contribution in [0.3, 0.4) is 0 Å². The van der Waals surface area contributed by atoms with E-state index < -0.39 is 0 Å². The second-order valence-electron chi connectivity index (χ2n) is 13.0. The highest BCUT2D eigenvalue weighted by Gasteiger charge is 2.27. The van der Waals surface area contributed by atoms with Gasteiger partial charge in [0.2, 0.25) is 0 Å². The fourth-order valence-electron chi connectivity index (χ4n) is 6.40. The average molecular weight is 677 g/mol. The number of aldehydes is 1. The second kappa shape index (κ2) is 15.6. The molecule has 258 valence electrons. The summed E-state index contributed by atoms with van der Waals surface area (Å²) in [6.45, 7) is 9.96. The number of carbonyl (C=O) groups is 1. The van der Waals surface area contributed by atoms with Crippen molar-refractivity contribution in [2.45, 2.75) is 40.3 Å². The van der Waals surface area contributed by atoms with E-state index in [4.69, 9.17) is 0 Å². The lowest BCUT2D eigenvalue weighted by atomic mass is 10.0. The zero-order chi connectivity index (χ0) is 35.9. The highest BCUT2D eigenvalue weighted by molar-refractivity contribution is 5.76. The standard InChI is InChI=1S/C21H24N4.C13H12N4.C8H8O/c1-15-7-6-8-17(11-15)13-25-14-19(21-12-16(2)23-24(21)3)22-18-9-4-5-10-20(18)25;1-9-7-13(17(2)16-9)12-8-14-10-5-3-4-6-11(10)15-12;1-7-3-2-4-8(5-7)6-9/h4-12,19,22H,13-14H2,1-3H3;3-8H,1-2H3;2-6H,1H3. The summed E-state index contributed by atoms with van der Waals surface area (Å²) in [5.74, 6) is 0. The zero-order valence-electron chi connectivity index (χ0n) is 30.1. The van der Waals surface area contributed by atoms with Crippen LogP contribution in [0.15, 0.2) is 115 Å². The van der Waals surface area contributed by atoms with Crippen LogP contribution in [0.25, 0.3) is 22.4 Å². The number of benzene rings is 4. The van der Waals surface area contributed by atoms with Gasteiger partial charge in [0.1, 0.15) is 12.0 Å². The van der Waals surface area contributed by atoms with E-state index in [9.17, 15) is 4.79 Å². The quantitative estimate of drug-likeness (QED) is 0.183. The lowest BCUT2D eigenvalue weighted by Crippen LogP contribution is -2.37. The third-order valence-electron chi connectivity index (χ3n) is 8.72. The van der Waals surface area contributed by atoms with Gasteiger partial charge in [0.25, 0.3) is 0 Å². The maximum Gasteiger partial charge on any atom is 0.150 e. The van der Waals surface area contributed by atoms with Crippen LogP contribution in [0.4, 0.5) is 11.4 Å². The Labute approximate surface area is 299 Å². The van der Waals surface area contributed by atoms with Crippen molar-refractivity contribution in [3.8, 4) is 11.4 Å². The Hall–Kier alpha value is -6.09. The van der Waals surface area contributed by atoms with Crippen LogP contribution in [0.5, 0.6) is 0 Å². The first-order valence-electron chi connectivity index (χ1n) is 17.1. The predicted molar refractivity (Wildman–Crippen MR) is 206 cm³/mol. The highest BCUT2D eigenvalue weighted by atomic mass is 16.1. The van der Waals surface area contributed by atoms with Gasteiger partial charge in [-0.15, -0.1) is 0 Å². The van der Waals surface area contributed by atoms with Gasteiger partial charge in [0, 0.05) is 32.7 Å². The van der Waals surface area contributed by atoms with Gasteiger partial charge >= 0.3 is 0 Å². The van der Waals surface area contributed by atoms with Crippen LogP contribution < -0.4 is 10.2 Å². The third-order valence-corrected chi connectivity index (χ3v) is 8.72. The number of nitrogens with one attached hydrogen (secondary N) is 1. The van der Waals surface area contributed by atoms with Crippen LogP contribution in [0.1, 0.15) is 50.2 Å². The van der Waals surface area contributed by atoms with Gasteiger partial charge < -0.3 is 10.2 Å². The molecule has 7 aromatic rings. The highest BCUT2D eigenvalue weighted by Crippen LogP contribution is 2.36. The maximum absolute atomic E-state index is 10.2. The fraction of sp³-hybridized carbons (Fsp3) is 0.214. The molecule has 0 saturated heterocycles. The van der Waals surface area contributed by atoms with E-state index in [1.165, 1.54) is 28.2 Å². The van der Waals surface area contributed by atoms with Crippen molar-refractivity contribution in [3.63, 3.8) is 0 Å². The van der Waals surface area contributed by atoms with Gasteiger partial charge in [0.05, 0.1) is 57.4 Å². The number of aromatic nitrogens is 6. The first-order chi connectivity index (χ1) is 24.7. The molecule has 8 rings (SSSR count). The molecule has 4 heterocycles. The van der Waals surface area contributed by atoms with Crippen LogP contribution >= 0.6 is 0 Å². The summed E-state index contributed by atoms with van der Waals surface area (Å²) in [4.78, 5) is 21.6. The first-order valence-corrected chi connectivity index (χ1v) is 17.1. The molecule has 0 bridgehead atoms. The van der Waals surface area contributed by atoms with Gasteiger partial charge in [-0.1, -0.05) is 77.9 Å². The molecular formula is C42H44N8O. The number of nitrogens with zero attached hydrogens (tertiary/aromatic N) is 7. The Morgan fingerprint density at radius 1 is 0.745 bits per heavy atom. The maximum atomic E-state index is 10.2. The number of rotatable bonds is 5. The number of hydrogen-bond donors (Lipinski definition) is 1. The normalized spacial score (nSPS) is 13.3. The summed E-state index contributed by atoms with van der Waals surface area (Å²) in [6.07, 6.45) is 2.64. The summed E-state index contributed by atoms with van der Waals surface area (Å²) in [5.41, 5.74) is 13.9. The van der Waals surface area contributed by atoms with E-state index in [2.05, 4.69) is 91.9 Å². The summed E-state index contributed by atoms with van der Waals surface area (Å²) >= 11 is 0. The van der Waals surface area contributed by atoms with Crippen molar-refractivity contribution in [2.75, 3.05) is 16.8 Å². The van der Waals surface area contributed by atoms with Gasteiger partial charge in [-0.2, -0.15) is 10.2 Å². The monoisotopic (exact) mass is 676 g/mol. The minimum atomic E-state index is 0.228. The Kier molecular flexibility index (Phi) is 10.7. The zero-order valence-corrected chi connectivity index (χ0v) is 30.1. The average Bonchev–Trinajstić information content (AvgIpc) is 3.66. The van der Waals surface area contributed by atoms with Crippen molar-refractivity contribution >= 4 is 28.7 Å². The molecular weight excluding hydrogens is 633 g/mol. The van der Waals surface area contributed by atoms with E-state index in [1.54, 1.807) is 12.3 Å². The molecule has 51 heavy (non-hydrogen) atoms. The number of aryl methyl sites for hydroxylation is 6. The number of hydrogen-bond acceptors (Lipinski definition) is 7. The van der Waals surface area contributed by atoms with E-state index >= 15 is 0 Å². The summed E-state index contributed by atoms with van der Waals surface area (Å²) in [6, 6.07) is 37.1. The van der Waals surface area contributed by atoms with Crippen molar-refractivity contribution in [3.05, 3.63) is 155 Å². The summed E-state index contributed by atoms with van der Waals surface area (Å²) in [7, 11) is 3.94. The van der Waals surface area contributed by atoms with Crippen LogP contribution in [-0.2, 0) is 20.6 Å². The largest absolute Gasteiger partial charge is 0.373 e. The molecule has 1 N–H and O–H groups in total. The van der Waals surface area contributed by atoms with Gasteiger partial charge in [-0.05, 0) is 75.7 Å². The van der Waals surface area contributed by atoms with E-state index in [0.29, 0.717) is 0 Å². The van der Waals surface area contributed by atoms with Crippen LogP contribution in [0.2, 0.25) is 0 Å². The van der Waals surface area contributed by atoms with E-state index in [0.717, 1.165) is 64.3 Å². The minimum absolute atomic E-state index is 0.228. The van der Waals surface area contributed by atoms with Crippen molar-refractivity contribution in [2.24, 2.45) is 14.1 Å². The second-order valence-corrected chi connectivity index (χ2v) is 13.0. The summed E-state index contributed by atoms with van der Waals surface area (Å²) in [5, 5.41) is 12.5. The van der Waals surface area contributed by atoms with Crippen molar-refractivity contribution < 1.29 is 4.79 Å². The van der Waals surface area contributed by atoms with Gasteiger partial charge in [-0.3, -0.25) is 19.1 Å². The fourth-order valence-corrected chi connectivity index (χ4v) is 6.40. The number of anilines is 2. The number of fused-ring (bicyclic) bond motifs is 2. The first kappa shape index (κ1) is 34.8. The molecule has 3 aromatic heterocycles. The molecule has 0 amide bonds. The molecule has 0 radical (unpaired) electrons. The van der Waals surface area contributed by atoms with E-state index in [-0.39, 0.29) is 6.04 Å². The smallest absolute Gasteiger partial charge is 0.150 e. The Balaban J connectivity index is 0.000000148. The van der Waals surface area contributed by atoms with Crippen LogP contribution in [-0.4, -0.2) is 42.4 Å². The van der Waals surface area contributed by atoms with Crippen molar-refractivity contribution in [1.82, 2.24) is 29.5 Å². The Morgan fingerprint density at radius 2 is 1.43 bits per heavy atom. The van der Waals surface area contributed by atoms with Crippen molar-refractivity contribution in [1.29, 1.82) is 0 Å². The van der Waals surface area contributed by atoms with Crippen LogP contribution in [0, 0.1) is 27.7 Å². The Bertz CT molecular complexity index is 2270. The molecule has 0 aliphatic carbocycles. The molecule has 0 saturated carbocycles. The third kappa shape index (κ3) is 8.56. The number of para-hydroxylation sites is 4. The molecule has 4 aromatic carbocycles. The predicted octanol–water partition coefficient (Wildman–Crippen LogP) is 8.36. The molecule has 0 fully saturated rings. The topological polar surface area (TPSA) is 93.8 Å². The minimum Gasteiger partial charge on any atom is -0.373 e. The molecule has 1 aliphatic rings. The number of carbonyl (C=O) groups excluding carboxylic acids is 1. The van der Waals surface area contributed by atoms with E-state index in [1.807, 2.05) is 92.8 Å². The van der Waals surface area contributed by atoms with Gasteiger partial charge in [0.15, 0.2) is 0 Å².